The van der Waals surface area contributed by atoms with Crippen LogP contribution in [0.5, 0.6) is 0 Å². The third-order valence-corrected chi connectivity index (χ3v) is 3.75. The highest BCUT2D eigenvalue weighted by Gasteiger charge is 2.54. The van der Waals surface area contributed by atoms with Crippen molar-refractivity contribution < 1.29 is 0 Å². The molecule has 0 N–H and O–H groups in total. The molecule has 1 aliphatic rings. The number of thiazole rings is 1. The average Bonchev–Trinajstić information content (AvgIpc) is 2.81. The molecule has 0 spiro atoms. The first-order valence-electron chi connectivity index (χ1n) is 5.00. The molecule has 2 nitrogen and oxygen atoms in total. The molecule has 3 heteroatoms. The minimum absolute atomic E-state index is 0.160. The van der Waals surface area contributed by atoms with Gasteiger partial charge >= 0.3 is 0 Å². The Morgan fingerprint density at radius 1 is 1.64 bits per heavy atom. The van der Waals surface area contributed by atoms with Gasteiger partial charge in [-0.3, -0.25) is 0 Å². The van der Waals surface area contributed by atoms with Gasteiger partial charge in [0.25, 0.3) is 5.54 Å². The van der Waals surface area contributed by atoms with E-state index in [1.54, 1.807) is 11.3 Å². The van der Waals surface area contributed by atoms with Crippen molar-refractivity contribution in [1.29, 1.82) is 0 Å². The lowest BCUT2D eigenvalue weighted by Crippen LogP contribution is -1.94. The van der Waals surface area contributed by atoms with E-state index < -0.39 is 0 Å². The summed E-state index contributed by atoms with van der Waals surface area (Å²) in [6.07, 6.45) is 5.01. The first-order chi connectivity index (χ1) is 6.66. The molecule has 0 saturated heterocycles. The lowest BCUT2D eigenvalue weighted by atomic mass is 10.1. The van der Waals surface area contributed by atoms with Crippen LogP contribution >= 0.6 is 11.3 Å². The summed E-state index contributed by atoms with van der Waals surface area (Å²) >= 11 is 1.73. The second kappa shape index (κ2) is 3.36. The molecule has 0 amide bonds. The summed E-state index contributed by atoms with van der Waals surface area (Å²) < 4.78 is 0. The summed E-state index contributed by atoms with van der Waals surface area (Å²) in [6, 6.07) is 0. The quantitative estimate of drug-likeness (QED) is 0.694. The summed E-state index contributed by atoms with van der Waals surface area (Å²) in [5, 5.41) is 1.19. The van der Waals surface area contributed by atoms with Gasteiger partial charge in [0.2, 0.25) is 0 Å². The largest absolute Gasteiger partial charge is 0.304 e. The molecule has 14 heavy (non-hydrogen) atoms. The molecule has 0 aliphatic heterocycles. The van der Waals surface area contributed by atoms with Crippen LogP contribution < -0.4 is 0 Å². The zero-order valence-corrected chi connectivity index (χ0v) is 9.40. The van der Waals surface area contributed by atoms with Crippen LogP contribution in [-0.4, -0.2) is 4.98 Å². The van der Waals surface area contributed by atoms with Crippen LogP contribution in [-0.2, 0) is 12.0 Å². The summed E-state index contributed by atoms with van der Waals surface area (Å²) in [7, 11) is 0. The highest BCUT2D eigenvalue weighted by atomic mass is 32.1. The second-order valence-electron chi connectivity index (χ2n) is 4.36. The van der Waals surface area contributed by atoms with Gasteiger partial charge < -0.3 is 4.85 Å². The Hall–Kier alpha value is -0.880. The molecule has 0 radical (unpaired) electrons. The SMILES string of the molecule is [C-]#[N+]C1(c2cnc(CC(C)C)s2)CC1. The van der Waals surface area contributed by atoms with E-state index in [4.69, 9.17) is 6.57 Å². The van der Waals surface area contributed by atoms with Crippen LogP contribution in [0.15, 0.2) is 6.20 Å². The fourth-order valence-corrected chi connectivity index (χ4v) is 2.82. The third kappa shape index (κ3) is 1.67. The monoisotopic (exact) mass is 206 g/mol. The normalized spacial score (nSPS) is 18.1. The molecular weight excluding hydrogens is 192 g/mol. The van der Waals surface area contributed by atoms with Crippen LogP contribution in [0.2, 0.25) is 0 Å². The molecule has 74 valence electrons. The van der Waals surface area contributed by atoms with Gasteiger partial charge in [0.1, 0.15) is 4.88 Å². The third-order valence-electron chi connectivity index (χ3n) is 2.53. The number of aromatic nitrogens is 1. The molecule has 0 aromatic carbocycles. The number of rotatable bonds is 3. The van der Waals surface area contributed by atoms with E-state index in [-0.39, 0.29) is 5.54 Å². The molecule has 0 unspecified atom stereocenters. The maximum atomic E-state index is 7.16. The molecule has 1 heterocycles. The van der Waals surface area contributed by atoms with Crippen LogP contribution in [0, 0.1) is 12.5 Å². The maximum absolute atomic E-state index is 7.16. The van der Waals surface area contributed by atoms with Gasteiger partial charge in [0, 0.05) is 25.5 Å². The Bertz CT molecular complexity index is 369. The zero-order valence-electron chi connectivity index (χ0n) is 8.58. The molecule has 1 fully saturated rings. The Balaban J connectivity index is 2.15. The Labute approximate surface area is 88.8 Å². The minimum Gasteiger partial charge on any atom is -0.304 e. The fraction of sp³-hybridized carbons (Fsp3) is 0.636. The number of hydrogen-bond acceptors (Lipinski definition) is 2. The van der Waals surface area contributed by atoms with Gasteiger partial charge in [0.15, 0.2) is 0 Å². The van der Waals surface area contributed by atoms with Crippen molar-refractivity contribution in [2.24, 2.45) is 5.92 Å². The van der Waals surface area contributed by atoms with Gasteiger partial charge in [-0.2, -0.15) is 0 Å². The molecule has 1 saturated carbocycles. The van der Waals surface area contributed by atoms with E-state index in [1.165, 1.54) is 9.88 Å². The predicted molar refractivity (Wildman–Crippen MR) is 58.2 cm³/mol. The summed E-state index contributed by atoms with van der Waals surface area (Å²) in [5.74, 6) is 0.650. The van der Waals surface area contributed by atoms with Gasteiger partial charge in [-0.1, -0.05) is 13.8 Å². The smallest absolute Gasteiger partial charge is 0.268 e. The summed E-state index contributed by atoms with van der Waals surface area (Å²) in [5.41, 5.74) is -0.160. The van der Waals surface area contributed by atoms with E-state index in [9.17, 15) is 0 Å². The molecule has 0 atom stereocenters. The number of nitrogens with zero attached hydrogens (tertiary/aromatic N) is 2. The second-order valence-corrected chi connectivity index (χ2v) is 5.47. The molecule has 1 aliphatic carbocycles. The number of hydrogen-bond donors (Lipinski definition) is 0. The topological polar surface area (TPSA) is 17.2 Å². The summed E-state index contributed by atoms with van der Waals surface area (Å²) in [6.45, 7) is 11.6. The first kappa shape index (κ1) is 9.67. The maximum Gasteiger partial charge on any atom is 0.268 e. The van der Waals surface area contributed by atoms with Crippen molar-refractivity contribution in [3.8, 4) is 0 Å². The van der Waals surface area contributed by atoms with Gasteiger partial charge in [-0.05, 0) is 5.92 Å². The van der Waals surface area contributed by atoms with Gasteiger partial charge in [0.05, 0.1) is 5.01 Å². The Morgan fingerprint density at radius 2 is 2.36 bits per heavy atom. The highest BCUT2D eigenvalue weighted by Crippen LogP contribution is 2.51. The average molecular weight is 206 g/mol. The van der Waals surface area contributed by atoms with Crippen LogP contribution in [0.25, 0.3) is 4.85 Å². The van der Waals surface area contributed by atoms with E-state index in [0.29, 0.717) is 5.92 Å². The van der Waals surface area contributed by atoms with Crippen LogP contribution in [0.1, 0.15) is 36.6 Å². The van der Waals surface area contributed by atoms with E-state index in [2.05, 4.69) is 23.7 Å². The van der Waals surface area contributed by atoms with E-state index in [1.807, 2.05) is 6.20 Å². The Morgan fingerprint density at radius 3 is 2.86 bits per heavy atom. The van der Waals surface area contributed by atoms with Gasteiger partial charge in [-0.15, -0.1) is 11.3 Å². The van der Waals surface area contributed by atoms with Crippen molar-refractivity contribution in [2.45, 2.75) is 38.6 Å². The van der Waals surface area contributed by atoms with Crippen molar-refractivity contribution in [1.82, 2.24) is 4.98 Å². The lowest BCUT2D eigenvalue weighted by Gasteiger charge is -1.98. The van der Waals surface area contributed by atoms with Crippen molar-refractivity contribution in [3.05, 3.63) is 27.5 Å². The molecular formula is C11H14N2S. The summed E-state index contributed by atoms with van der Waals surface area (Å²) in [4.78, 5) is 9.28. The molecule has 2 rings (SSSR count). The Kier molecular flexibility index (Phi) is 2.32. The molecule has 1 aromatic heterocycles. The first-order valence-corrected chi connectivity index (χ1v) is 5.82. The van der Waals surface area contributed by atoms with Crippen molar-refractivity contribution in [2.75, 3.05) is 0 Å². The van der Waals surface area contributed by atoms with Gasteiger partial charge in [-0.25, -0.2) is 11.6 Å². The predicted octanol–water partition coefficient (Wildman–Crippen LogP) is 3.25. The van der Waals surface area contributed by atoms with E-state index in [0.717, 1.165) is 19.3 Å². The standard InChI is InChI=1S/C11H14N2S/c1-8(2)6-10-13-7-9(14-10)11(12-3)4-5-11/h7-8H,4-6H2,1-2H3. The van der Waals surface area contributed by atoms with Crippen molar-refractivity contribution in [3.63, 3.8) is 0 Å². The van der Waals surface area contributed by atoms with Crippen molar-refractivity contribution >= 4 is 11.3 Å². The minimum atomic E-state index is -0.160. The lowest BCUT2D eigenvalue weighted by molar-refractivity contribution is 0.644. The highest BCUT2D eigenvalue weighted by molar-refractivity contribution is 7.11. The fourth-order valence-electron chi connectivity index (χ4n) is 1.50. The van der Waals surface area contributed by atoms with Crippen LogP contribution in [0.3, 0.4) is 0 Å². The van der Waals surface area contributed by atoms with Crippen LogP contribution in [0.4, 0.5) is 0 Å². The van der Waals surface area contributed by atoms with E-state index >= 15 is 0 Å². The molecule has 0 bridgehead atoms. The zero-order chi connectivity index (χ0) is 10.2. The molecule has 1 aromatic rings.